The van der Waals surface area contributed by atoms with Crippen molar-refractivity contribution in [3.05, 3.63) is 41.5 Å². The molecule has 0 fully saturated rings. The van der Waals surface area contributed by atoms with Crippen LogP contribution in [0.1, 0.15) is 34.8 Å². The second-order valence-electron chi connectivity index (χ2n) is 5.69. The van der Waals surface area contributed by atoms with Gasteiger partial charge in [-0.2, -0.15) is 0 Å². The Hall–Kier alpha value is -2.41. The lowest BCUT2D eigenvalue weighted by Crippen LogP contribution is -2.25. The van der Waals surface area contributed by atoms with E-state index in [9.17, 15) is 4.79 Å². The third kappa shape index (κ3) is 3.91. The first-order valence-electron chi connectivity index (χ1n) is 8.19. The molecule has 7 heteroatoms. The Balaban J connectivity index is 1.59. The molecule has 3 rings (SSSR count). The lowest BCUT2D eigenvalue weighted by Gasteiger charge is -2.15. The zero-order chi connectivity index (χ0) is 16.8. The average molecular weight is 330 g/mol. The Morgan fingerprint density at radius 3 is 3.08 bits per heavy atom. The quantitative estimate of drug-likeness (QED) is 0.780. The number of aromatic nitrogens is 3. The van der Waals surface area contributed by atoms with Gasteiger partial charge in [0, 0.05) is 25.6 Å². The summed E-state index contributed by atoms with van der Waals surface area (Å²) in [5.74, 6) is 2.32. The molecule has 1 aliphatic heterocycles. The first-order valence-corrected chi connectivity index (χ1v) is 8.19. The standard InChI is InChI=1S/C17H22N4O3/c1-23-9-10-24-14-6-4-5-13(11-14)17(22)18-12-16-20-19-15-7-2-3-8-21(15)16/h4-6,11H,2-3,7-10,12H2,1H3,(H,18,22). The van der Waals surface area contributed by atoms with Crippen LogP contribution in [0.4, 0.5) is 0 Å². The molecule has 1 amide bonds. The van der Waals surface area contributed by atoms with Crippen molar-refractivity contribution < 1.29 is 14.3 Å². The molecule has 7 nitrogen and oxygen atoms in total. The largest absolute Gasteiger partial charge is 0.491 e. The van der Waals surface area contributed by atoms with Gasteiger partial charge in [-0.1, -0.05) is 6.07 Å². The monoisotopic (exact) mass is 330 g/mol. The minimum absolute atomic E-state index is 0.152. The molecule has 2 aromatic rings. The van der Waals surface area contributed by atoms with Crippen LogP contribution in [0, 0.1) is 0 Å². The van der Waals surface area contributed by atoms with Gasteiger partial charge in [-0.15, -0.1) is 10.2 Å². The minimum Gasteiger partial charge on any atom is -0.491 e. The van der Waals surface area contributed by atoms with Crippen molar-refractivity contribution in [2.75, 3.05) is 20.3 Å². The van der Waals surface area contributed by atoms with E-state index in [2.05, 4.69) is 20.1 Å². The summed E-state index contributed by atoms with van der Waals surface area (Å²) in [6, 6.07) is 7.11. The molecule has 0 spiro atoms. The molecule has 0 radical (unpaired) electrons. The van der Waals surface area contributed by atoms with Crippen molar-refractivity contribution in [1.29, 1.82) is 0 Å². The molecule has 24 heavy (non-hydrogen) atoms. The summed E-state index contributed by atoms with van der Waals surface area (Å²) in [6.45, 7) is 2.26. The third-order valence-electron chi connectivity index (χ3n) is 4.00. The number of carbonyl (C=O) groups is 1. The number of hydrogen-bond donors (Lipinski definition) is 1. The van der Waals surface area contributed by atoms with Crippen molar-refractivity contribution in [1.82, 2.24) is 20.1 Å². The molecular formula is C17H22N4O3. The fourth-order valence-electron chi connectivity index (χ4n) is 2.73. The van der Waals surface area contributed by atoms with E-state index in [1.807, 2.05) is 6.07 Å². The Morgan fingerprint density at radius 2 is 2.21 bits per heavy atom. The van der Waals surface area contributed by atoms with E-state index < -0.39 is 0 Å². The molecule has 0 atom stereocenters. The van der Waals surface area contributed by atoms with Gasteiger partial charge in [0.2, 0.25) is 0 Å². The van der Waals surface area contributed by atoms with Crippen molar-refractivity contribution in [3.8, 4) is 5.75 Å². The van der Waals surface area contributed by atoms with Gasteiger partial charge in [-0.05, 0) is 31.0 Å². The summed E-state index contributed by atoms with van der Waals surface area (Å²) in [5, 5.41) is 11.3. The first-order chi connectivity index (χ1) is 11.8. The summed E-state index contributed by atoms with van der Waals surface area (Å²) in [7, 11) is 1.62. The van der Waals surface area contributed by atoms with Crippen LogP contribution < -0.4 is 10.1 Å². The molecule has 0 unspecified atom stereocenters. The molecule has 0 aliphatic carbocycles. The number of carbonyl (C=O) groups excluding carboxylic acids is 1. The number of ether oxygens (including phenoxy) is 2. The number of nitrogens with one attached hydrogen (secondary N) is 1. The second-order valence-corrected chi connectivity index (χ2v) is 5.69. The van der Waals surface area contributed by atoms with E-state index >= 15 is 0 Å². The average Bonchev–Trinajstić information content (AvgIpc) is 3.03. The zero-order valence-electron chi connectivity index (χ0n) is 13.8. The highest BCUT2D eigenvalue weighted by Crippen LogP contribution is 2.15. The Bertz CT molecular complexity index is 699. The van der Waals surface area contributed by atoms with Crippen LogP contribution in [-0.2, 0) is 24.2 Å². The van der Waals surface area contributed by atoms with Crippen molar-refractivity contribution in [2.24, 2.45) is 0 Å². The molecule has 1 N–H and O–H groups in total. The van der Waals surface area contributed by atoms with Gasteiger partial charge in [-0.25, -0.2) is 0 Å². The van der Waals surface area contributed by atoms with Gasteiger partial charge < -0.3 is 19.4 Å². The highest BCUT2D eigenvalue weighted by atomic mass is 16.5. The highest BCUT2D eigenvalue weighted by molar-refractivity contribution is 5.94. The van der Waals surface area contributed by atoms with E-state index in [4.69, 9.17) is 9.47 Å². The summed E-state index contributed by atoms with van der Waals surface area (Å²) in [6.07, 6.45) is 3.25. The topological polar surface area (TPSA) is 78.3 Å². The number of amides is 1. The van der Waals surface area contributed by atoms with Crippen LogP contribution in [-0.4, -0.2) is 41.0 Å². The van der Waals surface area contributed by atoms with E-state index in [1.165, 1.54) is 0 Å². The fraction of sp³-hybridized carbons (Fsp3) is 0.471. The Kier molecular flexibility index (Phi) is 5.43. The highest BCUT2D eigenvalue weighted by Gasteiger charge is 2.16. The summed E-state index contributed by atoms with van der Waals surface area (Å²) in [5.41, 5.74) is 0.559. The maximum atomic E-state index is 12.3. The number of aryl methyl sites for hydroxylation is 1. The van der Waals surface area contributed by atoms with E-state index in [0.717, 1.165) is 37.5 Å². The molecule has 0 saturated heterocycles. The number of rotatable bonds is 7. The van der Waals surface area contributed by atoms with Crippen molar-refractivity contribution >= 4 is 5.91 Å². The van der Waals surface area contributed by atoms with Gasteiger partial charge in [0.25, 0.3) is 5.91 Å². The van der Waals surface area contributed by atoms with Gasteiger partial charge in [-0.3, -0.25) is 4.79 Å². The number of methoxy groups -OCH3 is 1. The molecular weight excluding hydrogens is 308 g/mol. The molecule has 2 heterocycles. The number of nitrogens with zero attached hydrogens (tertiary/aromatic N) is 3. The van der Waals surface area contributed by atoms with Gasteiger partial charge in [0.05, 0.1) is 13.2 Å². The molecule has 1 aromatic carbocycles. The number of fused-ring (bicyclic) bond motifs is 1. The van der Waals surface area contributed by atoms with E-state index in [0.29, 0.717) is 31.1 Å². The van der Waals surface area contributed by atoms with Gasteiger partial charge >= 0.3 is 0 Å². The Labute approximate surface area is 141 Å². The van der Waals surface area contributed by atoms with Crippen LogP contribution in [0.2, 0.25) is 0 Å². The van der Waals surface area contributed by atoms with Gasteiger partial charge in [0.1, 0.15) is 18.2 Å². The van der Waals surface area contributed by atoms with Crippen LogP contribution in [0.25, 0.3) is 0 Å². The molecule has 0 bridgehead atoms. The minimum atomic E-state index is -0.152. The van der Waals surface area contributed by atoms with Crippen LogP contribution in [0.3, 0.4) is 0 Å². The third-order valence-corrected chi connectivity index (χ3v) is 4.00. The number of benzene rings is 1. The molecule has 0 saturated carbocycles. The second kappa shape index (κ2) is 7.92. The maximum absolute atomic E-state index is 12.3. The summed E-state index contributed by atoms with van der Waals surface area (Å²) >= 11 is 0. The van der Waals surface area contributed by atoms with Crippen molar-refractivity contribution in [3.63, 3.8) is 0 Å². The number of hydrogen-bond acceptors (Lipinski definition) is 5. The predicted octanol–water partition coefficient (Wildman–Crippen LogP) is 1.57. The molecule has 1 aromatic heterocycles. The molecule has 1 aliphatic rings. The van der Waals surface area contributed by atoms with Crippen LogP contribution in [0.5, 0.6) is 5.75 Å². The van der Waals surface area contributed by atoms with Crippen LogP contribution >= 0.6 is 0 Å². The van der Waals surface area contributed by atoms with E-state index in [1.54, 1.807) is 25.3 Å². The Morgan fingerprint density at radius 1 is 1.29 bits per heavy atom. The predicted molar refractivity (Wildman–Crippen MR) is 87.9 cm³/mol. The fourth-order valence-corrected chi connectivity index (χ4v) is 2.73. The SMILES string of the molecule is COCCOc1cccc(C(=O)NCc2nnc3n2CCCC3)c1. The van der Waals surface area contributed by atoms with Gasteiger partial charge in [0.15, 0.2) is 5.82 Å². The van der Waals surface area contributed by atoms with E-state index in [-0.39, 0.29) is 5.91 Å². The zero-order valence-corrected chi connectivity index (χ0v) is 13.8. The lowest BCUT2D eigenvalue weighted by molar-refractivity contribution is 0.0948. The molecule has 128 valence electrons. The van der Waals surface area contributed by atoms with Crippen molar-refractivity contribution in [2.45, 2.75) is 32.4 Å². The summed E-state index contributed by atoms with van der Waals surface area (Å²) in [4.78, 5) is 12.3. The first kappa shape index (κ1) is 16.4. The maximum Gasteiger partial charge on any atom is 0.251 e. The summed E-state index contributed by atoms with van der Waals surface area (Å²) < 4.78 is 12.6. The lowest BCUT2D eigenvalue weighted by atomic mass is 10.1. The van der Waals surface area contributed by atoms with Crippen LogP contribution in [0.15, 0.2) is 24.3 Å². The normalized spacial score (nSPS) is 13.4. The smallest absolute Gasteiger partial charge is 0.251 e.